The topological polar surface area (TPSA) is 99.6 Å². The van der Waals surface area contributed by atoms with Crippen molar-refractivity contribution < 1.29 is 18.3 Å². The van der Waals surface area contributed by atoms with E-state index in [9.17, 15) is 18.3 Å². The van der Waals surface area contributed by atoms with E-state index in [1.165, 1.54) is 17.5 Å². The largest absolute Gasteiger partial charge is 0.390 e. The number of aromatic nitrogens is 1. The van der Waals surface area contributed by atoms with Crippen LogP contribution in [0, 0.1) is 11.8 Å². The third-order valence-corrected chi connectivity index (χ3v) is 11.6. The summed E-state index contributed by atoms with van der Waals surface area (Å²) in [5.74, 6) is 3.01. The number of carbonyl (C=O) groups is 1. The molecule has 6 fully saturated rings. The molecule has 5 saturated carbocycles. The van der Waals surface area contributed by atoms with E-state index < -0.39 is 15.4 Å². The zero-order valence-electron chi connectivity index (χ0n) is 20.2. The van der Waals surface area contributed by atoms with Crippen LogP contribution in [0.2, 0.25) is 0 Å². The second-order valence-electron chi connectivity index (χ2n) is 12.4. The summed E-state index contributed by atoms with van der Waals surface area (Å²) in [6.45, 7) is 0.545. The molecule has 7 aliphatic carbocycles. The molecule has 0 aromatic carbocycles. The smallest absolute Gasteiger partial charge is 0.255 e. The highest BCUT2D eigenvalue weighted by atomic mass is 35.5. The number of nitrogens with zero attached hydrogens (tertiary/aromatic N) is 2. The summed E-state index contributed by atoms with van der Waals surface area (Å²) in [6, 6.07) is 0. The summed E-state index contributed by atoms with van der Waals surface area (Å²) in [6.07, 6.45) is 12.5. The summed E-state index contributed by atoms with van der Waals surface area (Å²) >= 11 is 0. The van der Waals surface area contributed by atoms with E-state index >= 15 is 0 Å². The molecule has 9 heteroatoms. The monoisotopic (exact) mass is 521 g/mol. The molecule has 35 heavy (non-hydrogen) atoms. The lowest BCUT2D eigenvalue weighted by atomic mass is 9.51. The normalized spacial score (nSPS) is 40.2. The van der Waals surface area contributed by atoms with E-state index in [-0.39, 0.29) is 48.4 Å². The highest BCUT2D eigenvalue weighted by Crippen LogP contribution is 2.59. The summed E-state index contributed by atoms with van der Waals surface area (Å²) < 4.78 is 23.8. The van der Waals surface area contributed by atoms with Crippen LogP contribution in [0.4, 0.5) is 5.82 Å². The second kappa shape index (κ2) is 8.06. The summed E-state index contributed by atoms with van der Waals surface area (Å²) in [7, 11) is -3.03. The van der Waals surface area contributed by atoms with E-state index in [4.69, 9.17) is 4.98 Å². The van der Waals surface area contributed by atoms with Crippen molar-refractivity contribution >= 4 is 34.0 Å². The molecular weight excluding hydrogens is 486 g/mol. The lowest BCUT2D eigenvalue weighted by molar-refractivity contribution is -0.127. The Morgan fingerprint density at radius 2 is 1.60 bits per heavy atom. The molecule has 1 saturated heterocycles. The Bertz CT molecular complexity index is 1140. The number of halogens is 1. The van der Waals surface area contributed by atoms with Gasteiger partial charge in [-0.1, -0.05) is 0 Å². The van der Waals surface area contributed by atoms with Crippen molar-refractivity contribution in [2.45, 2.75) is 87.2 Å². The van der Waals surface area contributed by atoms with Gasteiger partial charge in [0.2, 0.25) is 0 Å². The van der Waals surface area contributed by atoms with Crippen molar-refractivity contribution in [3.05, 3.63) is 22.9 Å². The number of amides is 1. The maximum atomic E-state index is 13.6. The van der Waals surface area contributed by atoms with Gasteiger partial charge in [-0.25, -0.2) is 13.4 Å². The number of hydrogen-bond acceptors (Lipinski definition) is 6. The van der Waals surface area contributed by atoms with Crippen LogP contribution in [-0.4, -0.2) is 65.1 Å². The van der Waals surface area contributed by atoms with Crippen LogP contribution in [0.15, 0.2) is 6.20 Å². The highest BCUT2D eigenvalue weighted by molar-refractivity contribution is 7.91. The molecule has 1 aliphatic heterocycles. The van der Waals surface area contributed by atoms with Crippen LogP contribution in [-0.2, 0) is 9.84 Å². The maximum absolute atomic E-state index is 13.6. The van der Waals surface area contributed by atoms with Crippen molar-refractivity contribution in [1.82, 2.24) is 9.88 Å². The number of sulfone groups is 1. The van der Waals surface area contributed by atoms with E-state index in [1.54, 1.807) is 11.1 Å². The minimum atomic E-state index is -3.03. The lowest BCUT2D eigenvalue weighted by Gasteiger charge is -2.60. The van der Waals surface area contributed by atoms with Crippen molar-refractivity contribution in [2.75, 3.05) is 29.9 Å². The predicted octanol–water partition coefficient (Wildman–Crippen LogP) is 3.62. The van der Waals surface area contributed by atoms with Gasteiger partial charge in [-0.2, -0.15) is 0 Å². The average molecular weight is 522 g/mol. The zero-order chi connectivity index (χ0) is 23.3. The van der Waals surface area contributed by atoms with Crippen LogP contribution in [0.3, 0.4) is 0 Å². The average Bonchev–Trinajstić information content (AvgIpc) is 2.77. The van der Waals surface area contributed by atoms with Crippen molar-refractivity contribution in [1.29, 1.82) is 0 Å². The second-order valence-corrected chi connectivity index (χ2v) is 14.7. The minimum Gasteiger partial charge on any atom is -0.390 e. The molecule has 6 bridgehead atoms. The first-order valence-corrected chi connectivity index (χ1v) is 15.1. The number of aliphatic hydroxyl groups is 1. The number of carbonyl (C=O) groups excluding carboxylic acids is 1. The molecule has 2 N–H and O–H groups in total. The molecule has 0 spiro atoms. The summed E-state index contributed by atoms with van der Waals surface area (Å²) in [5, 5.41) is 15.1. The molecule has 9 rings (SSSR count). The number of hydrogen-bond donors (Lipinski definition) is 2. The van der Waals surface area contributed by atoms with Gasteiger partial charge in [-0.05, 0) is 93.4 Å². The standard InChI is InChI=1S/C26H35N3O4S.ClH/c30-24(29-5-7-34(32,33)8-6-29)20-14-27-23(22-19-3-1-18(2-4-19)21(20)22)28-25-10-16-9-17(11-25)13-26(31,12-16)15-25;/h14,16-19,31H,1-13,15H2,(H,27,28);1H. The van der Waals surface area contributed by atoms with Gasteiger partial charge >= 0.3 is 0 Å². The Labute approximate surface area is 213 Å². The van der Waals surface area contributed by atoms with Gasteiger partial charge in [0.1, 0.15) is 5.82 Å². The number of rotatable bonds is 3. The molecule has 2 atom stereocenters. The number of pyridine rings is 1. The number of fused-ring (bicyclic) bond motifs is 2. The first-order valence-electron chi connectivity index (χ1n) is 13.2. The summed E-state index contributed by atoms with van der Waals surface area (Å²) in [4.78, 5) is 20.2. The minimum absolute atomic E-state index is 0. The van der Waals surface area contributed by atoms with Gasteiger partial charge in [0.25, 0.3) is 5.91 Å². The van der Waals surface area contributed by atoms with Gasteiger partial charge < -0.3 is 15.3 Å². The Kier molecular flexibility index (Phi) is 5.52. The fourth-order valence-electron chi connectivity index (χ4n) is 9.03. The van der Waals surface area contributed by atoms with Gasteiger partial charge in [-0.15, -0.1) is 12.4 Å². The Balaban J connectivity index is 0.00000229. The molecule has 2 heterocycles. The Morgan fingerprint density at radius 1 is 1.00 bits per heavy atom. The first kappa shape index (κ1) is 24.0. The quantitative estimate of drug-likeness (QED) is 0.630. The van der Waals surface area contributed by atoms with Crippen LogP contribution >= 0.6 is 12.4 Å². The molecular formula is C26H36ClN3O4S. The molecule has 7 nitrogen and oxygen atoms in total. The zero-order valence-corrected chi connectivity index (χ0v) is 21.8. The molecule has 1 aromatic heterocycles. The van der Waals surface area contributed by atoms with Gasteiger partial charge in [0.05, 0.1) is 22.7 Å². The van der Waals surface area contributed by atoms with Crippen molar-refractivity contribution in [3.63, 3.8) is 0 Å². The predicted molar refractivity (Wildman–Crippen MR) is 136 cm³/mol. The van der Waals surface area contributed by atoms with E-state index in [0.29, 0.717) is 29.2 Å². The van der Waals surface area contributed by atoms with E-state index in [1.807, 2.05) is 0 Å². The highest BCUT2D eigenvalue weighted by Gasteiger charge is 2.57. The Morgan fingerprint density at radius 3 is 2.20 bits per heavy atom. The van der Waals surface area contributed by atoms with Crippen molar-refractivity contribution in [2.24, 2.45) is 11.8 Å². The third kappa shape index (κ3) is 3.89. The fraction of sp³-hybridized carbons (Fsp3) is 0.769. The van der Waals surface area contributed by atoms with E-state index in [0.717, 1.165) is 63.6 Å². The van der Waals surface area contributed by atoms with Crippen LogP contribution in [0.5, 0.6) is 0 Å². The van der Waals surface area contributed by atoms with Gasteiger partial charge in [0.15, 0.2) is 9.84 Å². The SMILES string of the molecule is Cl.O=C(c1cnc(NC23CC4CC(CC(O)(C4)C2)C3)c2c1C1CCC2CC1)N1CCS(=O)(=O)CC1. The third-order valence-electron chi connectivity index (χ3n) is 9.98. The van der Waals surface area contributed by atoms with Gasteiger partial charge in [-0.3, -0.25) is 4.79 Å². The molecule has 8 aliphatic rings. The van der Waals surface area contributed by atoms with Crippen LogP contribution < -0.4 is 5.32 Å². The molecule has 192 valence electrons. The van der Waals surface area contributed by atoms with Crippen LogP contribution in [0.25, 0.3) is 0 Å². The maximum Gasteiger partial charge on any atom is 0.255 e. The number of nitrogens with one attached hydrogen (secondary N) is 1. The fourth-order valence-corrected chi connectivity index (χ4v) is 10.2. The number of anilines is 1. The molecule has 1 aromatic rings. The molecule has 1 amide bonds. The van der Waals surface area contributed by atoms with Crippen LogP contribution in [0.1, 0.15) is 97.5 Å². The Hall–Kier alpha value is -1.38. The summed E-state index contributed by atoms with van der Waals surface area (Å²) in [5.41, 5.74) is 2.52. The molecule has 2 unspecified atom stereocenters. The van der Waals surface area contributed by atoms with Crippen molar-refractivity contribution in [3.8, 4) is 0 Å². The first-order chi connectivity index (χ1) is 16.2. The van der Waals surface area contributed by atoms with Gasteiger partial charge in [0, 0.05) is 30.4 Å². The van der Waals surface area contributed by atoms with E-state index in [2.05, 4.69) is 5.32 Å². The lowest BCUT2D eigenvalue weighted by Crippen LogP contribution is -2.62. The molecule has 0 radical (unpaired) electrons.